The highest BCUT2D eigenvalue weighted by Crippen LogP contribution is 2.17. The van der Waals surface area contributed by atoms with E-state index in [9.17, 15) is 9.59 Å². The molecule has 2 heterocycles. The maximum atomic E-state index is 12.5. The van der Waals surface area contributed by atoms with E-state index in [1.54, 1.807) is 35.3 Å². The minimum absolute atomic E-state index is 0.00946. The van der Waals surface area contributed by atoms with E-state index in [4.69, 9.17) is 4.42 Å². The number of carbonyl (C=O) groups excluding carboxylic acids is 1. The number of hydrogen-bond donors (Lipinski definition) is 1. The Bertz CT molecular complexity index is 1150. The van der Waals surface area contributed by atoms with Gasteiger partial charge in [0.15, 0.2) is 11.2 Å². The Balaban J connectivity index is 1.53. The van der Waals surface area contributed by atoms with Gasteiger partial charge in [-0.1, -0.05) is 24.3 Å². The van der Waals surface area contributed by atoms with Gasteiger partial charge < -0.3 is 9.73 Å². The van der Waals surface area contributed by atoms with E-state index in [0.717, 1.165) is 11.3 Å². The number of amides is 1. The third kappa shape index (κ3) is 3.35. The molecule has 4 aromatic rings. The molecule has 0 radical (unpaired) electrons. The van der Waals surface area contributed by atoms with Crippen LogP contribution in [0.15, 0.2) is 76.5 Å². The molecular weight excluding hydrogens is 344 g/mol. The summed E-state index contributed by atoms with van der Waals surface area (Å²) < 4.78 is 7.23. The fraction of sp³-hybridized carbons (Fsp3) is 0.100. The molecule has 0 fully saturated rings. The summed E-state index contributed by atoms with van der Waals surface area (Å²) in [7, 11) is 0. The van der Waals surface area contributed by atoms with Gasteiger partial charge in [-0.25, -0.2) is 9.67 Å². The van der Waals surface area contributed by atoms with Crippen molar-refractivity contribution in [3.63, 3.8) is 0 Å². The van der Waals surface area contributed by atoms with Gasteiger partial charge in [0.2, 0.25) is 0 Å². The summed E-state index contributed by atoms with van der Waals surface area (Å²) in [6.07, 6.45) is 3.08. The Kier molecular flexibility index (Phi) is 4.25. The lowest BCUT2D eigenvalue weighted by Crippen LogP contribution is -2.27. The van der Waals surface area contributed by atoms with E-state index in [-0.39, 0.29) is 17.2 Å². The van der Waals surface area contributed by atoms with Crippen LogP contribution in [0.4, 0.5) is 0 Å². The number of fused-ring (bicyclic) bond motifs is 1. The van der Waals surface area contributed by atoms with Crippen molar-refractivity contribution in [2.24, 2.45) is 0 Å². The number of hydrogen-bond acceptors (Lipinski definition) is 5. The number of benzene rings is 2. The standard InChI is InChI=1S/C20H16N4O3/c1-13(14-6-8-15(9-7-14)24-12-21-11-22-24)23-20(26)19-10-17(25)16-4-2-3-5-18(16)27-19/h2-13H,1H3,(H,23,26)/t13-/m0/s1. The largest absolute Gasteiger partial charge is 0.451 e. The molecule has 0 unspecified atom stereocenters. The summed E-state index contributed by atoms with van der Waals surface area (Å²) in [5, 5.41) is 7.38. The van der Waals surface area contributed by atoms with E-state index < -0.39 is 5.91 Å². The molecule has 0 bridgehead atoms. The Morgan fingerprint density at radius 1 is 1.15 bits per heavy atom. The first kappa shape index (κ1) is 16.7. The predicted molar refractivity (Wildman–Crippen MR) is 99.7 cm³/mol. The summed E-state index contributed by atoms with van der Waals surface area (Å²) in [5.74, 6) is -0.449. The highest BCUT2D eigenvalue weighted by atomic mass is 16.3. The molecule has 2 aromatic carbocycles. The second-order valence-corrected chi connectivity index (χ2v) is 6.10. The predicted octanol–water partition coefficient (Wildman–Crippen LogP) is 2.86. The van der Waals surface area contributed by atoms with Crippen LogP contribution in [0, 0.1) is 0 Å². The first-order valence-corrected chi connectivity index (χ1v) is 8.40. The van der Waals surface area contributed by atoms with Gasteiger partial charge in [0.05, 0.1) is 17.1 Å². The van der Waals surface area contributed by atoms with Crippen LogP contribution in [0.25, 0.3) is 16.7 Å². The Morgan fingerprint density at radius 2 is 1.93 bits per heavy atom. The lowest BCUT2D eigenvalue weighted by atomic mass is 10.1. The Morgan fingerprint density at radius 3 is 2.67 bits per heavy atom. The smallest absolute Gasteiger partial charge is 0.287 e. The zero-order valence-electron chi connectivity index (χ0n) is 14.5. The van der Waals surface area contributed by atoms with Crippen LogP contribution >= 0.6 is 0 Å². The average molecular weight is 360 g/mol. The molecule has 134 valence electrons. The van der Waals surface area contributed by atoms with Crippen molar-refractivity contribution in [1.29, 1.82) is 0 Å². The van der Waals surface area contributed by atoms with E-state index in [1.165, 1.54) is 12.4 Å². The third-order valence-corrected chi connectivity index (χ3v) is 4.28. The van der Waals surface area contributed by atoms with Gasteiger partial charge in [0.25, 0.3) is 5.91 Å². The van der Waals surface area contributed by atoms with Crippen molar-refractivity contribution in [3.8, 4) is 5.69 Å². The van der Waals surface area contributed by atoms with Crippen molar-refractivity contribution in [2.45, 2.75) is 13.0 Å². The second-order valence-electron chi connectivity index (χ2n) is 6.10. The number of nitrogens with one attached hydrogen (secondary N) is 1. The first-order chi connectivity index (χ1) is 13.1. The van der Waals surface area contributed by atoms with Crippen molar-refractivity contribution >= 4 is 16.9 Å². The number of rotatable bonds is 4. The van der Waals surface area contributed by atoms with Crippen molar-refractivity contribution in [2.75, 3.05) is 0 Å². The molecule has 0 aliphatic heterocycles. The molecule has 2 aromatic heterocycles. The Labute approximate surface area is 154 Å². The molecule has 1 amide bonds. The SMILES string of the molecule is C[C@H](NC(=O)c1cc(=O)c2ccccc2o1)c1ccc(-n2cncn2)cc1. The average Bonchev–Trinajstić information content (AvgIpc) is 3.23. The third-order valence-electron chi connectivity index (χ3n) is 4.28. The maximum absolute atomic E-state index is 12.5. The van der Waals surface area contributed by atoms with E-state index >= 15 is 0 Å². The van der Waals surface area contributed by atoms with Crippen molar-refractivity contribution in [3.05, 3.63) is 88.8 Å². The summed E-state index contributed by atoms with van der Waals surface area (Å²) in [6, 6.07) is 15.4. The molecule has 4 rings (SSSR count). The highest BCUT2D eigenvalue weighted by molar-refractivity contribution is 5.93. The fourth-order valence-corrected chi connectivity index (χ4v) is 2.82. The minimum Gasteiger partial charge on any atom is -0.451 e. The van der Waals surface area contributed by atoms with Gasteiger partial charge in [-0.15, -0.1) is 0 Å². The van der Waals surface area contributed by atoms with E-state index in [1.807, 2.05) is 31.2 Å². The van der Waals surface area contributed by atoms with Crippen LogP contribution in [0.2, 0.25) is 0 Å². The van der Waals surface area contributed by atoms with Crippen molar-refractivity contribution in [1.82, 2.24) is 20.1 Å². The molecule has 7 heteroatoms. The van der Waals surface area contributed by atoms with Crippen LogP contribution in [-0.2, 0) is 0 Å². The topological polar surface area (TPSA) is 90.0 Å². The summed E-state index contributed by atoms with van der Waals surface area (Å²) in [6.45, 7) is 1.86. The lowest BCUT2D eigenvalue weighted by molar-refractivity contribution is 0.0912. The summed E-state index contributed by atoms with van der Waals surface area (Å²) >= 11 is 0. The van der Waals surface area contributed by atoms with Gasteiger partial charge in [-0.05, 0) is 36.8 Å². The Hall–Kier alpha value is -3.74. The molecule has 7 nitrogen and oxygen atoms in total. The van der Waals surface area contributed by atoms with Crippen LogP contribution in [-0.4, -0.2) is 20.7 Å². The van der Waals surface area contributed by atoms with Crippen LogP contribution in [0.5, 0.6) is 0 Å². The van der Waals surface area contributed by atoms with Crippen LogP contribution in [0.1, 0.15) is 29.1 Å². The molecule has 0 spiro atoms. The number of carbonyl (C=O) groups is 1. The molecule has 0 aliphatic rings. The number of aromatic nitrogens is 3. The molecule has 1 atom stereocenters. The van der Waals surface area contributed by atoms with Gasteiger partial charge >= 0.3 is 0 Å². The highest BCUT2D eigenvalue weighted by Gasteiger charge is 2.15. The van der Waals surface area contributed by atoms with Crippen molar-refractivity contribution < 1.29 is 9.21 Å². The zero-order valence-corrected chi connectivity index (χ0v) is 14.5. The van der Waals surface area contributed by atoms with Gasteiger partial charge in [-0.2, -0.15) is 5.10 Å². The first-order valence-electron chi connectivity index (χ1n) is 8.40. The fourth-order valence-electron chi connectivity index (χ4n) is 2.82. The van der Waals surface area contributed by atoms with Crippen LogP contribution in [0.3, 0.4) is 0 Å². The molecule has 0 aliphatic carbocycles. The van der Waals surface area contributed by atoms with E-state index in [2.05, 4.69) is 15.4 Å². The zero-order chi connectivity index (χ0) is 18.8. The monoisotopic (exact) mass is 360 g/mol. The number of para-hydroxylation sites is 1. The maximum Gasteiger partial charge on any atom is 0.287 e. The molecule has 0 saturated heterocycles. The van der Waals surface area contributed by atoms with Gasteiger partial charge in [0.1, 0.15) is 18.2 Å². The van der Waals surface area contributed by atoms with Gasteiger partial charge in [0, 0.05) is 6.07 Å². The number of nitrogens with zero attached hydrogens (tertiary/aromatic N) is 3. The summed E-state index contributed by atoms with van der Waals surface area (Å²) in [5.41, 5.74) is 1.93. The molecule has 0 saturated carbocycles. The molecule has 1 N–H and O–H groups in total. The second kappa shape index (κ2) is 6.87. The minimum atomic E-state index is -0.439. The quantitative estimate of drug-likeness (QED) is 0.604. The normalized spacial score (nSPS) is 12.0. The van der Waals surface area contributed by atoms with Gasteiger partial charge in [-0.3, -0.25) is 9.59 Å². The molecular formula is C20H16N4O3. The van der Waals surface area contributed by atoms with E-state index in [0.29, 0.717) is 11.0 Å². The molecule has 27 heavy (non-hydrogen) atoms. The summed E-state index contributed by atoms with van der Waals surface area (Å²) in [4.78, 5) is 28.6. The van der Waals surface area contributed by atoms with Crippen LogP contribution < -0.4 is 10.7 Å². The lowest BCUT2D eigenvalue weighted by Gasteiger charge is -2.14.